The highest BCUT2D eigenvalue weighted by molar-refractivity contribution is 9.09. The summed E-state index contributed by atoms with van der Waals surface area (Å²) < 4.78 is 0. The smallest absolute Gasteiger partial charge is 0.274 e. The van der Waals surface area contributed by atoms with Crippen LogP contribution in [0.25, 0.3) is 0 Å². The summed E-state index contributed by atoms with van der Waals surface area (Å²) in [7, 11) is 0. The molecular weight excluding hydrogens is 285 g/mol. The second-order valence-corrected chi connectivity index (χ2v) is 3.88. The Labute approximate surface area is 99.5 Å². The lowest BCUT2D eigenvalue weighted by atomic mass is 10.1. The van der Waals surface area contributed by atoms with Crippen molar-refractivity contribution in [1.82, 2.24) is 0 Å². The van der Waals surface area contributed by atoms with Crippen LogP contribution in [0, 0.1) is 17.0 Å². The molecule has 1 rings (SSSR count). The quantitative estimate of drug-likeness (QED) is 0.372. The van der Waals surface area contributed by atoms with Crippen LogP contribution in [0.3, 0.4) is 0 Å². The van der Waals surface area contributed by atoms with Crippen molar-refractivity contribution in [2.24, 2.45) is 0 Å². The van der Waals surface area contributed by atoms with Gasteiger partial charge >= 0.3 is 0 Å². The van der Waals surface area contributed by atoms with Gasteiger partial charge in [-0.3, -0.25) is 14.9 Å². The van der Waals surface area contributed by atoms with Gasteiger partial charge in [0.25, 0.3) is 5.69 Å². The Hall–Kier alpha value is -0.940. The Morgan fingerprint density at radius 1 is 1.60 bits per heavy atom. The number of hydrogen-bond donors (Lipinski definition) is 0. The van der Waals surface area contributed by atoms with Gasteiger partial charge in [0, 0.05) is 17.2 Å². The largest absolute Gasteiger partial charge is 0.293 e. The van der Waals surface area contributed by atoms with E-state index in [1.54, 1.807) is 6.92 Å². The van der Waals surface area contributed by atoms with Gasteiger partial charge in [0.15, 0.2) is 5.78 Å². The van der Waals surface area contributed by atoms with Crippen molar-refractivity contribution in [2.45, 2.75) is 6.92 Å². The van der Waals surface area contributed by atoms with Crippen LogP contribution in [0.2, 0.25) is 5.02 Å². The molecule has 0 atom stereocenters. The van der Waals surface area contributed by atoms with Crippen molar-refractivity contribution in [2.75, 3.05) is 5.33 Å². The average Bonchev–Trinajstić information content (AvgIpc) is 2.20. The van der Waals surface area contributed by atoms with E-state index in [0.29, 0.717) is 5.56 Å². The molecule has 0 bridgehead atoms. The maximum Gasteiger partial charge on any atom is 0.274 e. The molecule has 0 aliphatic rings. The van der Waals surface area contributed by atoms with E-state index in [9.17, 15) is 14.9 Å². The molecule has 0 spiro atoms. The molecule has 4 nitrogen and oxygen atoms in total. The standard InChI is InChI=1S/C9H7BrClNO3/c1-5-7(11)2-6(9(13)4-10)3-8(5)12(14)15/h2-3H,4H2,1H3. The third-order valence-corrected chi connectivity index (χ3v) is 2.86. The summed E-state index contributed by atoms with van der Waals surface area (Å²) in [5.74, 6) is -0.236. The number of rotatable bonds is 3. The van der Waals surface area contributed by atoms with Crippen molar-refractivity contribution < 1.29 is 9.72 Å². The van der Waals surface area contributed by atoms with E-state index in [1.807, 2.05) is 0 Å². The van der Waals surface area contributed by atoms with Gasteiger partial charge in [0.1, 0.15) is 0 Å². The monoisotopic (exact) mass is 291 g/mol. The van der Waals surface area contributed by atoms with Gasteiger partial charge < -0.3 is 0 Å². The molecule has 0 aliphatic carbocycles. The molecule has 6 heteroatoms. The molecule has 15 heavy (non-hydrogen) atoms. The van der Waals surface area contributed by atoms with Crippen molar-refractivity contribution in [1.29, 1.82) is 0 Å². The Morgan fingerprint density at radius 3 is 2.67 bits per heavy atom. The molecule has 0 aliphatic heterocycles. The highest BCUT2D eigenvalue weighted by Gasteiger charge is 2.17. The van der Waals surface area contributed by atoms with Gasteiger partial charge in [-0.25, -0.2) is 0 Å². The second kappa shape index (κ2) is 4.72. The molecular formula is C9H7BrClNO3. The molecule has 0 saturated heterocycles. The van der Waals surface area contributed by atoms with Crippen LogP contribution in [0.5, 0.6) is 0 Å². The molecule has 0 amide bonds. The first kappa shape index (κ1) is 12.1. The van der Waals surface area contributed by atoms with Crippen LogP contribution in [-0.4, -0.2) is 16.0 Å². The van der Waals surface area contributed by atoms with Gasteiger partial charge in [-0.1, -0.05) is 27.5 Å². The van der Waals surface area contributed by atoms with E-state index >= 15 is 0 Å². The summed E-state index contributed by atoms with van der Waals surface area (Å²) in [6.07, 6.45) is 0. The molecule has 0 saturated carbocycles. The number of halogens is 2. The molecule has 0 radical (unpaired) electrons. The van der Waals surface area contributed by atoms with Crippen LogP contribution >= 0.6 is 27.5 Å². The van der Waals surface area contributed by atoms with Crippen LogP contribution in [-0.2, 0) is 0 Å². The zero-order valence-electron chi connectivity index (χ0n) is 7.79. The number of hydrogen-bond acceptors (Lipinski definition) is 3. The Bertz CT molecular complexity index is 434. The summed E-state index contributed by atoms with van der Waals surface area (Å²) in [5.41, 5.74) is 0.480. The van der Waals surface area contributed by atoms with E-state index in [4.69, 9.17) is 11.6 Å². The fourth-order valence-corrected chi connectivity index (χ4v) is 1.63. The maximum atomic E-state index is 11.3. The minimum atomic E-state index is -0.549. The number of Topliss-reactive ketones (excluding diaryl/α,β-unsaturated/α-hetero) is 1. The molecule has 80 valence electrons. The second-order valence-electron chi connectivity index (χ2n) is 2.92. The number of carbonyl (C=O) groups excluding carboxylic acids is 1. The number of ketones is 1. The predicted molar refractivity (Wildman–Crippen MR) is 61.0 cm³/mol. The first-order chi connectivity index (χ1) is 6.97. The Kier molecular flexibility index (Phi) is 3.82. The SMILES string of the molecule is Cc1c(Cl)cc(C(=O)CBr)cc1[N+](=O)[O-]. The van der Waals surface area contributed by atoms with Gasteiger partial charge in [-0.15, -0.1) is 0 Å². The van der Waals surface area contributed by atoms with Crippen molar-refractivity contribution >= 4 is 39.0 Å². The van der Waals surface area contributed by atoms with E-state index < -0.39 is 4.92 Å². The number of nitro groups is 1. The van der Waals surface area contributed by atoms with E-state index in [0.717, 1.165) is 0 Å². The zero-order chi connectivity index (χ0) is 11.6. The normalized spacial score (nSPS) is 10.1. The lowest BCUT2D eigenvalue weighted by Crippen LogP contribution is -2.02. The first-order valence-corrected chi connectivity index (χ1v) is 5.51. The lowest BCUT2D eigenvalue weighted by Gasteiger charge is -2.03. The fraction of sp³-hybridized carbons (Fsp3) is 0.222. The number of carbonyl (C=O) groups is 1. The van der Waals surface area contributed by atoms with Gasteiger partial charge in [-0.2, -0.15) is 0 Å². The predicted octanol–water partition coefficient (Wildman–Crippen LogP) is 3.13. The van der Waals surface area contributed by atoms with Gasteiger partial charge in [0.05, 0.1) is 15.3 Å². The molecule has 1 aromatic carbocycles. The lowest BCUT2D eigenvalue weighted by molar-refractivity contribution is -0.385. The van der Waals surface area contributed by atoms with E-state index in [2.05, 4.69) is 15.9 Å². The van der Waals surface area contributed by atoms with Crippen molar-refractivity contribution in [3.8, 4) is 0 Å². The molecule has 0 N–H and O–H groups in total. The summed E-state index contributed by atoms with van der Waals surface area (Å²) in [5, 5.41) is 11.0. The summed E-state index contributed by atoms with van der Waals surface area (Å²) >= 11 is 8.79. The molecule has 0 aromatic heterocycles. The number of nitrogens with zero attached hydrogens (tertiary/aromatic N) is 1. The third kappa shape index (κ3) is 2.54. The van der Waals surface area contributed by atoms with Crippen LogP contribution < -0.4 is 0 Å². The van der Waals surface area contributed by atoms with Crippen LogP contribution in [0.1, 0.15) is 15.9 Å². The number of benzene rings is 1. The first-order valence-electron chi connectivity index (χ1n) is 4.01. The average molecular weight is 293 g/mol. The topological polar surface area (TPSA) is 60.2 Å². The van der Waals surface area contributed by atoms with Crippen LogP contribution in [0.15, 0.2) is 12.1 Å². The van der Waals surface area contributed by atoms with Crippen molar-refractivity contribution in [3.63, 3.8) is 0 Å². The maximum absolute atomic E-state index is 11.3. The van der Waals surface area contributed by atoms with Gasteiger partial charge in [0.2, 0.25) is 0 Å². The summed E-state index contributed by atoms with van der Waals surface area (Å²) in [6, 6.07) is 2.68. The highest BCUT2D eigenvalue weighted by Crippen LogP contribution is 2.27. The van der Waals surface area contributed by atoms with Crippen LogP contribution in [0.4, 0.5) is 5.69 Å². The Morgan fingerprint density at radius 2 is 2.20 bits per heavy atom. The fourth-order valence-electron chi connectivity index (χ4n) is 1.09. The van der Waals surface area contributed by atoms with E-state index in [-0.39, 0.29) is 27.4 Å². The number of alkyl halides is 1. The highest BCUT2D eigenvalue weighted by atomic mass is 79.9. The molecule has 0 heterocycles. The summed E-state index contributed by atoms with van der Waals surface area (Å²) in [4.78, 5) is 21.4. The minimum Gasteiger partial charge on any atom is -0.293 e. The molecule has 0 fully saturated rings. The third-order valence-electron chi connectivity index (χ3n) is 1.96. The number of nitro benzene ring substituents is 1. The van der Waals surface area contributed by atoms with Gasteiger partial charge in [-0.05, 0) is 13.0 Å². The summed E-state index contributed by atoms with van der Waals surface area (Å²) in [6.45, 7) is 1.54. The molecule has 0 unspecified atom stereocenters. The van der Waals surface area contributed by atoms with E-state index in [1.165, 1.54) is 12.1 Å². The Balaban J connectivity index is 3.35. The van der Waals surface area contributed by atoms with Crippen molar-refractivity contribution in [3.05, 3.63) is 38.4 Å². The minimum absolute atomic E-state index is 0.115. The molecule has 1 aromatic rings. The zero-order valence-corrected chi connectivity index (χ0v) is 10.1.